The van der Waals surface area contributed by atoms with Crippen LogP contribution in [0.4, 0.5) is 0 Å². The topological polar surface area (TPSA) is 92.3 Å². The Bertz CT molecular complexity index is 1560. The van der Waals surface area contributed by atoms with Crippen LogP contribution in [0.3, 0.4) is 0 Å². The third kappa shape index (κ3) is 8.29. The second-order valence-electron chi connectivity index (χ2n) is 9.61. The van der Waals surface area contributed by atoms with Crippen molar-refractivity contribution < 1.29 is 19.4 Å². The number of halogens is 1. The first kappa shape index (κ1) is 31.1. The number of aromatic nitrogens is 2. The number of nitrogens with one attached hydrogen (secondary N) is 1. The summed E-state index contributed by atoms with van der Waals surface area (Å²) in [6, 6.07) is 15.4. The zero-order chi connectivity index (χ0) is 29.9. The van der Waals surface area contributed by atoms with E-state index in [1.165, 1.54) is 5.54 Å². The summed E-state index contributed by atoms with van der Waals surface area (Å²) in [5.74, 6) is -0.0371. The Hall–Kier alpha value is -4.42. The van der Waals surface area contributed by atoms with E-state index in [1.54, 1.807) is 38.3 Å². The summed E-state index contributed by atoms with van der Waals surface area (Å²) < 4.78 is 5.31. The van der Waals surface area contributed by atoms with Crippen LogP contribution in [-0.2, 0) is 9.59 Å². The van der Waals surface area contributed by atoms with Crippen molar-refractivity contribution in [1.29, 1.82) is 0 Å². The number of carboxylic acids is 1. The van der Waals surface area contributed by atoms with Gasteiger partial charge in [0.2, 0.25) is 0 Å². The van der Waals surface area contributed by atoms with Gasteiger partial charge in [-0.05, 0) is 59.8 Å². The van der Waals surface area contributed by atoms with Crippen LogP contribution in [0.5, 0.6) is 5.75 Å². The van der Waals surface area contributed by atoms with Crippen LogP contribution < -0.4 is 4.74 Å². The Morgan fingerprint density at radius 1 is 1.12 bits per heavy atom. The third-order valence-corrected chi connectivity index (χ3v) is 6.90. The number of benzene rings is 2. The molecular weight excluding hydrogens is 536 g/mol. The van der Waals surface area contributed by atoms with Crippen molar-refractivity contribution in [3.63, 3.8) is 0 Å². The van der Waals surface area contributed by atoms with E-state index in [9.17, 15) is 14.7 Å². The van der Waals surface area contributed by atoms with E-state index in [0.717, 1.165) is 30.0 Å². The van der Waals surface area contributed by atoms with Crippen LogP contribution in [0.2, 0.25) is 0 Å². The molecule has 3 rings (SSSR count). The number of aromatic amines is 1. The van der Waals surface area contributed by atoms with Crippen LogP contribution in [0, 0.1) is 0 Å². The molecule has 3 aromatic rings. The number of methoxy groups -OCH3 is 1. The molecule has 0 aliphatic heterocycles. The van der Waals surface area contributed by atoms with Crippen molar-refractivity contribution in [2.45, 2.75) is 39.0 Å². The zero-order valence-electron chi connectivity index (χ0n) is 23.6. The van der Waals surface area contributed by atoms with E-state index >= 15 is 0 Å². The molecule has 6 nitrogen and oxygen atoms in total. The smallest absolute Gasteiger partial charge is 0.328 e. The fourth-order valence-electron chi connectivity index (χ4n) is 4.55. The van der Waals surface area contributed by atoms with Gasteiger partial charge in [-0.25, -0.2) is 9.78 Å². The normalized spacial score (nSPS) is 13.4. The number of rotatable bonds is 14. The number of hydrogen-bond acceptors (Lipinski definition) is 4. The first-order chi connectivity index (χ1) is 19.7. The maximum atomic E-state index is 13.3. The molecule has 0 fully saturated rings. The van der Waals surface area contributed by atoms with Gasteiger partial charge in [0.1, 0.15) is 11.6 Å². The van der Waals surface area contributed by atoms with Gasteiger partial charge in [-0.1, -0.05) is 80.6 Å². The van der Waals surface area contributed by atoms with Crippen LogP contribution in [-0.4, -0.2) is 33.9 Å². The molecule has 41 heavy (non-hydrogen) atoms. The highest BCUT2D eigenvalue weighted by molar-refractivity contribution is 6.25. The predicted octanol–water partition coefficient (Wildman–Crippen LogP) is 8.32. The van der Waals surface area contributed by atoms with Crippen molar-refractivity contribution in [3.8, 4) is 5.75 Å². The van der Waals surface area contributed by atoms with Crippen LogP contribution in [0.15, 0.2) is 114 Å². The number of Topliss-reactive ketones (excluding diaryl/α,β-unsaturated/α-hetero) is 1. The summed E-state index contributed by atoms with van der Waals surface area (Å²) in [6.07, 6.45) is 8.10. The molecule has 2 aromatic carbocycles. The van der Waals surface area contributed by atoms with Crippen molar-refractivity contribution in [1.82, 2.24) is 9.97 Å². The van der Waals surface area contributed by atoms with Gasteiger partial charge < -0.3 is 14.8 Å². The number of ether oxygens (including phenoxy) is 1. The lowest BCUT2D eigenvalue weighted by atomic mass is 9.86. The average Bonchev–Trinajstić information content (AvgIpc) is 3.39. The molecule has 2 N–H and O–H groups in total. The lowest BCUT2D eigenvalue weighted by molar-refractivity contribution is -0.131. The maximum absolute atomic E-state index is 13.3. The number of allylic oxidation sites excluding steroid dienone is 8. The second-order valence-corrected chi connectivity index (χ2v) is 9.87. The van der Waals surface area contributed by atoms with Gasteiger partial charge in [0.15, 0.2) is 5.78 Å². The molecule has 0 radical (unpaired) electrons. The van der Waals surface area contributed by atoms with Crippen LogP contribution >= 0.6 is 11.6 Å². The Morgan fingerprint density at radius 2 is 1.85 bits per heavy atom. The molecule has 1 heterocycles. The van der Waals surface area contributed by atoms with Crippen molar-refractivity contribution >= 4 is 40.0 Å². The minimum atomic E-state index is -1.16. The standard InChI is InChI=1S/C34H35ClN2O4/c1-6-11-26(25-12-8-7-9-13-25)19-32(38)23(3)22(2)18-27(20-33(39)40)24(4)29(14-10-17-35)34-36-30-16-15-28(41-5)21-31(30)37-34/h7-10,12-18,20-21,26H,3-4,6,11,19H2,1-2,5H3,(H,36,37)(H,39,40)/b17-10+,22-18-,27-20-,29-14+/t26-/m0/s1. The molecule has 0 aliphatic carbocycles. The third-order valence-electron chi connectivity index (χ3n) is 6.76. The highest BCUT2D eigenvalue weighted by Crippen LogP contribution is 2.32. The number of imidazole rings is 1. The van der Waals surface area contributed by atoms with Crippen molar-refractivity contribution in [2.75, 3.05) is 7.11 Å². The number of carboxylic acid groups (broad SMARTS) is 1. The Labute approximate surface area is 246 Å². The number of nitrogens with zero attached hydrogens (tertiary/aromatic N) is 1. The molecule has 7 heteroatoms. The molecule has 0 unspecified atom stereocenters. The van der Waals surface area contributed by atoms with Crippen molar-refractivity contribution in [3.05, 3.63) is 125 Å². The number of H-pyrrole nitrogens is 1. The average molecular weight is 571 g/mol. The molecule has 0 saturated carbocycles. The Balaban J connectivity index is 1.94. The number of ketones is 1. The van der Waals surface area contributed by atoms with E-state index in [2.05, 4.69) is 30.0 Å². The minimum Gasteiger partial charge on any atom is -0.497 e. The van der Waals surface area contributed by atoms with E-state index in [0.29, 0.717) is 51.4 Å². The van der Waals surface area contributed by atoms with Gasteiger partial charge in [0.05, 0.1) is 18.1 Å². The molecular formula is C34H35ClN2O4. The van der Waals surface area contributed by atoms with Gasteiger partial charge >= 0.3 is 5.97 Å². The number of fused-ring (bicyclic) bond motifs is 1. The maximum Gasteiger partial charge on any atom is 0.328 e. The summed E-state index contributed by atoms with van der Waals surface area (Å²) in [6.45, 7) is 12.1. The van der Waals surface area contributed by atoms with Gasteiger partial charge in [-0.2, -0.15) is 0 Å². The zero-order valence-corrected chi connectivity index (χ0v) is 24.4. The predicted molar refractivity (Wildman–Crippen MR) is 167 cm³/mol. The van der Waals surface area contributed by atoms with Gasteiger partial charge in [-0.15, -0.1) is 0 Å². The highest BCUT2D eigenvalue weighted by atomic mass is 35.5. The summed E-state index contributed by atoms with van der Waals surface area (Å²) in [5.41, 5.74) is 5.96. The molecule has 212 valence electrons. The Kier molecular flexibility index (Phi) is 11.2. The molecule has 1 aromatic heterocycles. The molecule has 1 atom stereocenters. The quantitative estimate of drug-likeness (QED) is 0.150. The first-order valence-corrected chi connectivity index (χ1v) is 13.7. The summed E-state index contributed by atoms with van der Waals surface area (Å²) in [4.78, 5) is 33.0. The summed E-state index contributed by atoms with van der Waals surface area (Å²) >= 11 is 5.82. The van der Waals surface area contributed by atoms with E-state index in [-0.39, 0.29) is 11.7 Å². The summed E-state index contributed by atoms with van der Waals surface area (Å²) in [5, 5.41) is 9.67. The second kappa shape index (κ2) is 14.8. The number of aliphatic carboxylic acids is 1. The van der Waals surface area contributed by atoms with E-state index in [1.807, 2.05) is 42.5 Å². The fourth-order valence-corrected chi connectivity index (χ4v) is 4.62. The monoisotopic (exact) mass is 570 g/mol. The molecule has 0 aliphatic rings. The Morgan fingerprint density at radius 3 is 2.49 bits per heavy atom. The lowest BCUT2D eigenvalue weighted by Crippen LogP contribution is -2.10. The summed E-state index contributed by atoms with van der Waals surface area (Å²) in [7, 11) is 1.58. The van der Waals surface area contributed by atoms with Crippen molar-refractivity contribution in [2.24, 2.45) is 0 Å². The largest absolute Gasteiger partial charge is 0.497 e. The van der Waals surface area contributed by atoms with E-state index in [4.69, 9.17) is 16.3 Å². The van der Waals surface area contributed by atoms with Gasteiger partial charge in [0, 0.05) is 35.2 Å². The van der Waals surface area contributed by atoms with Crippen LogP contribution in [0.1, 0.15) is 50.4 Å². The number of carbonyl (C=O) groups excluding carboxylic acids is 1. The van der Waals surface area contributed by atoms with Gasteiger partial charge in [-0.3, -0.25) is 4.79 Å². The minimum absolute atomic E-state index is 0.0748. The van der Waals surface area contributed by atoms with Crippen LogP contribution in [0.25, 0.3) is 16.6 Å². The number of hydrogen-bond donors (Lipinski definition) is 2. The molecule has 0 saturated heterocycles. The molecule has 0 amide bonds. The number of carbonyl (C=O) groups is 2. The molecule has 0 bridgehead atoms. The van der Waals surface area contributed by atoms with E-state index < -0.39 is 5.97 Å². The highest BCUT2D eigenvalue weighted by Gasteiger charge is 2.20. The fraction of sp³-hybridized carbons (Fsp3) is 0.206. The van der Waals surface area contributed by atoms with Gasteiger partial charge in [0.25, 0.3) is 0 Å². The SMILES string of the molecule is C=C(C(=O)C[C@H](CCC)c1ccccc1)/C(C)=C\C(=C\C(=O)O)C(=C)/C(=C\C=C\Cl)c1nc2ccc(OC)cc2[nH]1. The molecule has 0 spiro atoms. The lowest BCUT2D eigenvalue weighted by Gasteiger charge is -2.17. The first-order valence-electron chi connectivity index (χ1n) is 13.3.